The highest BCUT2D eigenvalue weighted by molar-refractivity contribution is 5.68. The van der Waals surface area contributed by atoms with E-state index < -0.39 is 5.60 Å². The normalized spacial score (nSPS) is 18.2. The minimum absolute atomic E-state index is 0.0347. The molecule has 1 atom stereocenters. The summed E-state index contributed by atoms with van der Waals surface area (Å²) in [5.74, 6) is 1.04. The maximum Gasteiger partial charge on any atom is 0.410 e. The van der Waals surface area contributed by atoms with E-state index in [4.69, 9.17) is 9.26 Å². The van der Waals surface area contributed by atoms with E-state index in [0.717, 1.165) is 6.42 Å². The second-order valence-corrected chi connectivity index (χ2v) is 6.58. The van der Waals surface area contributed by atoms with Gasteiger partial charge in [0, 0.05) is 19.3 Å². The third kappa shape index (κ3) is 3.67. The molecule has 7 nitrogen and oxygen atoms in total. The van der Waals surface area contributed by atoms with Gasteiger partial charge in [-0.3, -0.25) is 4.98 Å². The van der Waals surface area contributed by atoms with Gasteiger partial charge in [0.1, 0.15) is 11.3 Å². The van der Waals surface area contributed by atoms with Crippen LogP contribution in [0.3, 0.4) is 0 Å². The van der Waals surface area contributed by atoms with Crippen molar-refractivity contribution in [2.75, 3.05) is 13.1 Å². The number of rotatable bonds is 2. The summed E-state index contributed by atoms with van der Waals surface area (Å²) in [7, 11) is 0. The largest absolute Gasteiger partial charge is 0.444 e. The van der Waals surface area contributed by atoms with Crippen molar-refractivity contribution in [2.24, 2.45) is 0 Å². The molecule has 0 radical (unpaired) electrons. The summed E-state index contributed by atoms with van der Waals surface area (Å²) >= 11 is 0. The van der Waals surface area contributed by atoms with Crippen LogP contribution in [0.1, 0.15) is 39.0 Å². The van der Waals surface area contributed by atoms with Gasteiger partial charge < -0.3 is 14.2 Å². The van der Waals surface area contributed by atoms with E-state index >= 15 is 0 Å². The van der Waals surface area contributed by atoms with Gasteiger partial charge in [-0.25, -0.2) is 4.79 Å². The van der Waals surface area contributed by atoms with E-state index in [1.165, 1.54) is 0 Å². The van der Waals surface area contributed by atoms with Crippen LogP contribution in [-0.2, 0) is 4.74 Å². The van der Waals surface area contributed by atoms with Crippen LogP contribution in [0.5, 0.6) is 0 Å². The second-order valence-electron chi connectivity index (χ2n) is 6.58. The smallest absolute Gasteiger partial charge is 0.410 e. The van der Waals surface area contributed by atoms with E-state index in [2.05, 4.69) is 15.1 Å². The van der Waals surface area contributed by atoms with Crippen LogP contribution in [0.25, 0.3) is 11.5 Å². The van der Waals surface area contributed by atoms with Crippen LogP contribution in [0, 0.1) is 0 Å². The first-order valence-corrected chi connectivity index (χ1v) is 7.65. The average molecular weight is 316 g/mol. The Kier molecular flexibility index (Phi) is 4.02. The van der Waals surface area contributed by atoms with Crippen molar-refractivity contribution in [1.29, 1.82) is 0 Å². The lowest BCUT2D eigenvalue weighted by Gasteiger charge is -2.24. The van der Waals surface area contributed by atoms with E-state index in [9.17, 15) is 4.79 Å². The molecule has 0 N–H and O–H groups in total. The van der Waals surface area contributed by atoms with Gasteiger partial charge in [0.05, 0.1) is 5.92 Å². The number of nitrogens with zero attached hydrogens (tertiary/aromatic N) is 4. The molecule has 2 aromatic rings. The summed E-state index contributed by atoms with van der Waals surface area (Å²) < 4.78 is 10.7. The van der Waals surface area contributed by atoms with Gasteiger partial charge >= 0.3 is 6.09 Å². The number of aromatic nitrogens is 3. The molecule has 0 bridgehead atoms. The van der Waals surface area contributed by atoms with Crippen molar-refractivity contribution in [3.8, 4) is 11.5 Å². The molecule has 1 aliphatic rings. The van der Waals surface area contributed by atoms with Crippen molar-refractivity contribution in [3.05, 3.63) is 30.3 Å². The van der Waals surface area contributed by atoms with E-state index in [1.54, 1.807) is 11.1 Å². The zero-order chi connectivity index (χ0) is 16.4. The lowest BCUT2D eigenvalue weighted by Crippen LogP contribution is -2.35. The fraction of sp³-hybridized carbons (Fsp3) is 0.500. The minimum Gasteiger partial charge on any atom is -0.444 e. The number of carbonyl (C=O) groups is 1. The summed E-state index contributed by atoms with van der Waals surface area (Å²) in [6.45, 7) is 6.72. The third-order valence-corrected chi connectivity index (χ3v) is 3.52. The molecule has 1 aliphatic heterocycles. The molecule has 0 aromatic carbocycles. The van der Waals surface area contributed by atoms with E-state index in [0.29, 0.717) is 30.5 Å². The third-order valence-electron chi connectivity index (χ3n) is 3.52. The molecule has 1 fully saturated rings. The van der Waals surface area contributed by atoms with Crippen molar-refractivity contribution in [3.63, 3.8) is 0 Å². The number of likely N-dealkylation sites (tertiary alicyclic amines) is 1. The lowest BCUT2D eigenvalue weighted by molar-refractivity contribution is 0.0291. The topological polar surface area (TPSA) is 81.4 Å². The van der Waals surface area contributed by atoms with E-state index in [1.807, 2.05) is 39.0 Å². The predicted octanol–water partition coefficient (Wildman–Crippen LogP) is 2.86. The first kappa shape index (κ1) is 15.5. The van der Waals surface area contributed by atoms with Crippen LogP contribution in [0.2, 0.25) is 0 Å². The summed E-state index contributed by atoms with van der Waals surface area (Å²) in [6, 6.07) is 5.54. The highest BCUT2D eigenvalue weighted by atomic mass is 16.6. The number of pyridine rings is 1. The molecule has 23 heavy (non-hydrogen) atoms. The Labute approximate surface area is 134 Å². The zero-order valence-corrected chi connectivity index (χ0v) is 13.5. The van der Waals surface area contributed by atoms with Crippen molar-refractivity contribution >= 4 is 6.09 Å². The van der Waals surface area contributed by atoms with Gasteiger partial charge in [0.15, 0.2) is 0 Å². The molecule has 0 spiro atoms. The Hall–Kier alpha value is -2.44. The van der Waals surface area contributed by atoms with Crippen molar-refractivity contribution < 1.29 is 14.1 Å². The number of ether oxygens (including phenoxy) is 1. The number of carbonyl (C=O) groups excluding carboxylic acids is 1. The Morgan fingerprint density at radius 2 is 2.22 bits per heavy atom. The van der Waals surface area contributed by atoms with Crippen LogP contribution >= 0.6 is 0 Å². The molecule has 1 saturated heterocycles. The van der Waals surface area contributed by atoms with Crippen molar-refractivity contribution in [1.82, 2.24) is 20.0 Å². The average Bonchev–Trinajstić information content (AvgIpc) is 3.16. The molecule has 0 saturated carbocycles. The number of hydrogen-bond donors (Lipinski definition) is 0. The number of hydrogen-bond acceptors (Lipinski definition) is 6. The van der Waals surface area contributed by atoms with Crippen LogP contribution in [0.4, 0.5) is 4.79 Å². The zero-order valence-electron chi connectivity index (χ0n) is 13.5. The lowest BCUT2D eigenvalue weighted by atomic mass is 10.1. The van der Waals surface area contributed by atoms with Gasteiger partial charge in [0.25, 0.3) is 0 Å². The van der Waals surface area contributed by atoms with Gasteiger partial charge in [-0.1, -0.05) is 11.2 Å². The maximum absolute atomic E-state index is 12.1. The first-order valence-electron chi connectivity index (χ1n) is 7.65. The molecule has 0 aliphatic carbocycles. The standard InChI is InChI=1S/C16H20N4O3/c1-16(2,3)22-15(21)20-9-7-11(10-20)14-18-13(19-23-14)12-6-4-5-8-17-12/h4-6,8,11H,7,9-10H2,1-3H3. The Bertz CT molecular complexity index is 678. The van der Waals surface area contributed by atoms with Crippen LogP contribution in [0.15, 0.2) is 28.9 Å². The minimum atomic E-state index is -0.494. The molecule has 3 heterocycles. The summed E-state index contributed by atoms with van der Waals surface area (Å²) in [6.07, 6.45) is 2.17. The van der Waals surface area contributed by atoms with E-state index in [-0.39, 0.29) is 12.0 Å². The highest BCUT2D eigenvalue weighted by Crippen LogP contribution is 2.28. The fourth-order valence-electron chi connectivity index (χ4n) is 2.45. The van der Waals surface area contributed by atoms with Crippen molar-refractivity contribution in [2.45, 2.75) is 38.7 Å². The van der Waals surface area contributed by atoms with Gasteiger partial charge in [-0.2, -0.15) is 4.98 Å². The summed E-state index contributed by atoms with van der Waals surface area (Å²) in [5.41, 5.74) is 0.177. The van der Waals surface area contributed by atoms with Crippen LogP contribution in [-0.4, -0.2) is 44.8 Å². The predicted molar refractivity (Wildman–Crippen MR) is 82.7 cm³/mol. The van der Waals surface area contributed by atoms with Gasteiger partial charge in [-0.05, 0) is 39.3 Å². The molecular weight excluding hydrogens is 296 g/mol. The first-order chi connectivity index (χ1) is 10.9. The number of amides is 1. The fourth-order valence-corrected chi connectivity index (χ4v) is 2.45. The monoisotopic (exact) mass is 316 g/mol. The summed E-state index contributed by atoms with van der Waals surface area (Å²) in [4.78, 5) is 22.4. The molecule has 7 heteroatoms. The molecule has 3 rings (SSSR count). The van der Waals surface area contributed by atoms with Gasteiger partial charge in [-0.15, -0.1) is 0 Å². The Morgan fingerprint density at radius 1 is 1.39 bits per heavy atom. The second kappa shape index (κ2) is 5.98. The van der Waals surface area contributed by atoms with Gasteiger partial charge in [0.2, 0.25) is 11.7 Å². The molecular formula is C16H20N4O3. The summed E-state index contributed by atoms with van der Waals surface area (Å²) in [5, 5.41) is 3.98. The molecule has 122 valence electrons. The molecule has 1 unspecified atom stereocenters. The Morgan fingerprint density at radius 3 is 2.91 bits per heavy atom. The maximum atomic E-state index is 12.1. The molecule has 2 aromatic heterocycles. The highest BCUT2D eigenvalue weighted by Gasteiger charge is 2.33. The SMILES string of the molecule is CC(C)(C)OC(=O)N1CCC(c2nc(-c3ccccn3)no2)C1. The molecule has 1 amide bonds. The van der Waals surface area contributed by atoms with Crippen LogP contribution < -0.4 is 0 Å². The Balaban J connectivity index is 1.66. The quantitative estimate of drug-likeness (QED) is 0.847.